The van der Waals surface area contributed by atoms with Crippen LogP contribution in [0.15, 0.2) is 54.6 Å². The van der Waals surface area contributed by atoms with Crippen LogP contribution in [0, 0.1) is 0 Å². The topological polar surface area (TPSA) is 91.0 Å². The van der Waals surface area contributed by atoms with E-state index in [1.165, 1.54) is 0 Å². The molecule has 0 bridgehead atoms. The Morgan fingerprint density at radius 3 is 2.23 bits per heavy atom. The second-order valence-electron chi connectivity index (χ2n) is 6.81. The van der Waals surface area contributed by atoms with Gasteiger partial charge in [0.2, 0.25) is 5.91 Å². The number of hydrogen-bond donors (Lipinski definition) is 2. The number of piperazine rings is 1. The number of amides is 3. The molecule has 0 unspecified atom stereocenters. The summed E-state index contributed by atoms with van der Waals surface area (Å²) >= 11 is 0. The van der Waals surface area contributed by atoms with Crippen molar-refractivity contribution >= 4 is 29.3 Å². The Labute approximate surface area is 175 Å². The molecule has 0 aliphatic carbocycles. The second-order valence-corrected chi connectivity index (χ2v) is 6.81. The molecule has 0 aromatic heterocycles. The Morgan fingerprint density at radius 2 is 1.60 bits per heavy atom. The fourth-order valence-corrected chi connectivity index (χ4v) is 3.18. The molecule has 1 aliphatic heterocycles. The van der Waals surface area contributed by atoms with Gasteiger partial charge in [-0.05, 0) is 43.3 Å². The summed E-state index contributed by atoms with van der Waals surface area (Å²) in [6.45, 7) is 4.60. The highest BCUT2D eigenvalue weighted by Crippen LogP contribution is 2.15. The first-order valence-corrected chi connectivity index (χ1v) is 9.96. The van der Waals surface area contributed by atoms with Gasteiger partial charge in [0.25, 0.3) is 0 Å². The molecule has 8 nitrogen and oxygen atoms in total. The first-order chi connectivity index (χ1) is 14.6. The van der Waals surface area contributed by atoms with Gasteiger partial charge in [-0.15, -0.1) is 0 Å². The zero-order chi connectivity index (χ0) is 21.3. The summed E-state index contributed by atoms with van der Waals surface area (Å²) in [6.07, 6.45) is 0. The Morgan fingerprint density at radius 1 is 0.933 bits per heavy atom. The summed E-state index contributed by atoms with van der Waals surface area (Å²) < 4.78 is 4.92. The molecule has 0 spiro atoms. The van der Waals surface area contributed by atoms with Crippen LogP contribution in [0.3, 0.4) is 0 Å². The van der Waals surface area contributed by atoms with Gasteiger partial charge < -0.3 is 25.2 Å². The summed E-state index contributed by atoms with van der Waals surface area (Å²) in [5.74, 6) is -0.745. The lowest BCUT2D eigenvalue weighted by Gasteiger charge is -2.36. The number of ether oxygens (including phenoxy) is 1. The zero-order valence-corrected chi connectivity index (χ0v) is 17.0. The average Bonchev–Trinajstić information content (AvgIpc) is 2.79. The fraction of sp³-hybridized carbons (Fsp3) is 0.318. The highest BCUT2D eigenvalue weighted by molar-refractivity contribution is 5.95. The van der Waals surface area contributed by atoms with Crippen molar-refractivity contribution in [3.63, 3.8) is 0 Å². The number of hydrogen-bond acceptors (Lipinski definition) is 5. The van der Waals surface area contributed by atoms with Crippen molar-refractivity contribution in [2.45, 2.75) is 6.92 Å². The number of para-hydroxylation sites is 1. The van der Waals surface area contributed by atoms with E-state index in [1.54, 1.807) is 36.1 Å². The number of carbonyl (C=O) groups excluding carboxylic acids is 3. The minimum absolute atomic E-state index is 0.128. The standard InChI is InChI=1S/C22H26N4O4/c1-2-30-21(28)17-8-10-18(11-9-17)24-20(27)16-23-22(29)26-14-12-25(13-15-26)19-6-4-3-5-7-19/h3-11H,2,12-16H2,1H3,(H,23,29)(H,24,27). The number of rotatable bonds is 6. The molecule has 8 heteroatoms. The predicted octanol–water partition coefficient (Wildman–Crippen LogP) is 2.33. The van der Waals surface area contributed by atoms with Crippen LogP contribution in [-0.4, -0.2) is 62.1 Å². The molecule has 0 radical (unpaired) electrons. The average molecular weight is 410 g/mol. The number of nitrogens with one attached hydrogen (secondary N) is 2. The van der Waals surface area contributed by atoms with Gasteiger partial charge in [0, 0.05) is 37.6 Å². The van der Waals surface area contributed by atoms with Crippen LogP contribution in [0.5, 0.6) is 0 Å². The smallest absolute Gasteiger partial charge is 0.338 e. The third-order valence-corrected chi connectivity index (χ3v) is 4.77. The molecule has 3 amide bonds. The molecule has 2 N–H and O–H groups in total. The molecular weight excluding hydrogens is 384 g/mol. The van der Waals surface area contributed by atoms with E-state index in [1.807, 2.05) is 18.2 Å². The number of benzene rings is 2. The maximum atomic E-state index is 12.3. The summed E-state index contributed by atoms with van der Waals surface area (Å²) in [5.41, 5.74) is 2.10. The van der Waals surface area contributed by atoms with Gasteiger partial charge in [0.05, 0.1) is 18.7 Å². The van der Waals surface area contributed by atoms with E-state index in [2.05, 4.69) is 27.7 Å². The first kappa shape index (κ1) is 21.2. The summed E-state index contributed by atoms with van der Waals surface area (Å²) in [5, 5.41) is 5.35. The lowest BCUT2D eigenvalue weighted by atomic mass is 10.2. The van der Waals surface area contributed by atoms with Crippen LogP contribution < -0.4 is 15.5 Å². The normalized spacial score (nSPS) is 13.5. The van der Waals surface area contributed by atoms with Crippen molar-refractivity contribution < 1.29 is 19.1 Å². The molecular formula is C22H26N4O4. The third kappa shape index (κ3) is 5.73. The zero-order valence-electron chi connectivity index (χ0n) is 17.0. The molecule has 30 heavy (non-hydrogen) atoms. The van der Waals surface area contributed by atoms with Crippen LogP contribution in [0.4, 0.5) is 16.2 Å². The third-order valence-electron chi connectivity index (χ3n) is 4.77. The largest absolute Gasteiger partial charge is 0.462 e. The van der Waals surface area contributed by atoms with Crippen LogP contribution in [0.25, 0.3) is 0 Å². The molecule has 0 saturated carbocycles. The molecule has 1 aliphatic rings. The SMILES string of the molecule is CCOC(=O)c1ccc(NC(=O)CNC(=O)N2CCN(c3ccccc3)CC2)cc1. The van der Waals surface area contributed by atoms with Crippen molar-refractivity contribution in [2.24, 2.45) is 0 Å². The van der Waals surface area contributed by atoms with E-state index in [4.69, 9.17) is 4.74 Å². The highest BCUT2D eigenvalue weighted by Gasteiger charge is 2.21. The van der Waals surface area contributed by atoms with Gasteiger partial charge in [-0.1, -0.05) is 18.2 Å². The van der Waals surface area contributed by atoms with E-state index < -0.39 is 5.97 Å². The van der Waals surface area contributed by atoms with Gasteiger partial charge >= 0.3 is 12.0 Å². The summed E-state index contributed by atoms with van der Waals surface area (Å²) in [6, 6.07) is 16.2. The van der Waals surface area contributed by atoms with Crippen molar-refractivity contribution in [1.82, 2.24) is 10.2 Å². The van der Waals surface area contributed by atoms with Gasteiger partial charge in [-0.2, -0.15) is 0 Å². The Hall–Kier alpha value is -3.55. The molecule has 1 saturated heterocycles. The number of anilines is 2. The quantitative estimate of drug-likeness (QED) is 0.714. The molecule has 0 atom stereocenters. The predicted molar refractivity (Wildman–Crippen MR) is 115 cm³/mol. The van der Waals surface area contributed by atoms with Crippen LogP contribution in [-0.2, 0) is 9.53 Å². The van der Waals surface area contributed by atoms with Crippen molar-refractivity contribution in [1.29, 1.82) is 0 Å². The first-order valence-electron chi connectivity index (χ1n) is 9.96. The van der Waals surface area contributed by atoms with E-state index in [-0.39, 0.29) is 18.5 Å². The van der Waals surface area contributed by atoms with Crippen molar-refractivity contribution in [3.05, 3.63) is 60.2 Å². The monoisotopic (exact) mass is 410 g/mol. The lowest BCUT2D eigenvalue weighted by molar-refractivity contribution is -0.115. The van der Waals surface area contributed by atoms with Gasteiger partial charge in [0.15, 0.2) is 0 Å². The van der Waals surface area contributed by atoms with E-state index >= 15 is 0 Å². The lowest BCUT2D eigenvalue weighted by Crippen LogP contribution is -2.52. The summed E-state index contributed by atoms with van der Waals surface area (Å²) in [7, 11) is 0. The van der Waals surface area contributed by atoms with E-state index in [0.717, 1.165) is 18.8 Å². The van der Waals surface area contributed by atoms with Crippen LogP contribution >= 0.6 is 0 Å². The van der Waals surface area contributed by atoms with Gasteiger partial charge in [0.1, 0.15) is 0 Å². The maximum absolute atomic E-state index is 12.3. The minimum atomic E-state index is -0.407. The highest BCUT2D eigenvalue weighted by atomic mass is 16.5. The van der Waals surface area contributed by atoms with Gasteiger partial charge in [-0.3, -0.25) is 4.79 Å². The molecule has 1 heterocycles. The number of carbonyl (C=O) groups is 3. The van der Waals surface area contributed by atoms with Gasteiger partial charge in [-0.25, -0.2) is 9.59 Å². The molecule has 2 aromatic rings. The number of urea groups is 1. The molecule has 2 aromatic carbocycles. The van der Waals surface area contributed by atoms with Crippen molar-refractivity contribution in [3.8, 4) is 0 Å². The minimum Gasteiger partial charge on any atom is -0.462 e. The number of esters is 1. The molecule has 1 fully saturated rings. The van der Waals surface area contributed by atoms with Crippen LogP contribution in [0.2, 0.25) is 0 Å². The second kappa shape index (κ2) is 10.3. The fourth-order valence-electron chi connectivity index (χ4n) is 3.18. The Kier molecular flexibility index (Phi) is 7.26. The number of nitrogens with zero attached hydrogens (tertiary/aromatic N) is 2. The van der Waals surface area contributed by atoms with Crippen molar-refractivity contribution in [2.75, 3.05) is 49.5 Å². The van der Waals surface area contributed by atoms with E-state index in [9.17, 15) is 14.4 Å². The summed E-state index contributed by atoms with van der Waals surface area (Å²) in [4.78, 5) is 40.0. The van der Waals surface area contributed by atoms with Crippen LogP contribution in [0.1, 0.15) is 17.3 Å². The Balaban J connectivity index is 1.40. The Bertz CT molecular complexity index is 862. The van der Waals surface area contributed by atoms with E-state index in [0.29, 0.717) is 30.9 Å². The maximum Gasteiger partial charge on any atom is 0.338 e. The molecule has 3 rings (SSSR count). The molecule has 158 valence electrons.